The lowest BCUT2D eigenvalue weighted by atomic mass is 9.82. The van der Waals surface area contributed by atoms with Crippen molar-refractivity contribution in [1.29, 1.82) is 5.26 Å². The number of piperazine rings is 1. The second-order valence-corrected chi connectivity index (χ2v) is 9.30. The predicted molar refractivity (Wildman–Crippen MR) is 131 cm³/mol. The maximum atomic E-state index is 14.1. The van der Waals surface area contributed by atoms with E-state index in [1.807, 2.05) is 21.9 Å². The molecule has 2 aliphatic heterocycles. The standard InChI is InChI=1S/C28H24F4N4O/c29-23-7-3-1-6-19(23)16-34-27(37)22-14-20-13-21(28(30,31)32)9-10-25(20)36-12-11-35(17-26(22)36)24-8-4-2-5-18(24)15-33/h1-10,13,22,26H,11-12,14,16-17H2,(H,34,37)/t22-,26+/m0/s1. The molecule has 9 heteroatoms. The maximum absolute atomic E-state index is 14.1. The van der Waals surface area contributed by atoms with E-state index in [-0.39, 0.29) is 24.9 Å². The summed E-state index contributed by atoms with van der Waals surface area (Å²) >= 11 is 0. The van der Waals surface area contributed by atoms with Gasteiger partial charge in [0.2, 0.25) is 5.91 Å². The van der Waals surface area contributed by atoms with Gasteiger partial charge >= 0.3 is 6.18 Å². The maximum Gasteiger partial charge on any atom is 0.416 e. The SMILES string of the molecule is N#Cc1ccccc1N1CCN2c3ccc(C(F)(F)F)cc3C[C@H](C(=O)NCc3ccccc3F)[C@H]2C1. The van der Waals surface area contributed by atoms with Crippen LogP contribution in [0.15, 0.2) is 66.7 Å². The molecule has 0 aliphatic carbocycles. The summed E-state index contributed by atoms with van der Waals surface area (Å²) in [7, 11) is 0. The molecule has 3 aromatic rings. The van der Waals surface area contributed by atoms with Crippen molar-refractivity contribution in [3.8, 4) is 6.07 Å². The lowest BCUT2D eigenvalue weighted by Crippen LogP contribution is -2.61. The zero-order chi connectivity index (χ0) is 26.2. The van der Waals surface area contributed by atoms with Crippen LogP contribution in [0.1, 0.15) is 22.3 Å². The number of para-hydroxylation sites is 1. The van der Waals surface area contributed by atoms with Gasteiger partial charge in [0.25, 0.3) is 0 Å². The normalized spacial score (nSPS) is 19.0. The molecule has 3 aromatic carbocycles. The smallest absolute Gasteiger partial charge is 0.367 e. The lowest BCUT2D eigenvalue weighted by Gasteiger charge is -2.49. The lowest BCUT2D eigenvalue weighted by molar-refractivity contribution is -0.137. The quantitative estimate of drug-likeness (QED) is 0.510. The predicted octanol–water partition coefficient (Wildman–Crippen LogP) is 4.90. The van der Waals surface area contributed by atoms with Crippen LogP contribution in [0.5, 0.6) is 0 Å². The van der Waals surface area contributed by atoms with Gasteiger partial charge in [-0.25, -0.2) is 4.39 Å². The van der Waals surface area contributed by atoms with E-state index in [0.29, 0.717) is 42.0 Å². The second-order valence-electron chi connectivity index (χ2n) is 9.30. The Hall–Kier alpha value is -4.06. The third-order valence-electron chi connectivity index (χ3n) is 7.15. The van der Waals surface area contributed by atoms with E-state index in [2.05, 4.69) is 11.4 Å². The molecule has 0 aromatic heterocycles. The molecule has 2 atom stereocenters. The van der Waals surface area contributed by atoms with Crippen LogP contribution in [0.2, 0.25) is 0 Å². The number of hydrogen-bond acceptors (Lipinski definition) is 4. The number of amides is 1. The van der Waals surface area contributed by atoms with E-state index < -0.39 is 23.5 Å². The van der Waals surface area contributed by atoms with E-state index in [4.69, 9.17) is 0 Å². The van der Waals surface area contributed by atoms with Crippen molar-refractivity contribution in [3.63, 3.8) is 0 Å². The van der Waals surface area contributed by atoms with Crippen LogP contribution in [-0.4, -0.2) is 31.6 Å². The van der Waals surface area contributed by atoms with Crippen LogP contribution in [0, 0.1) is 23.1 Å². The van der Waals surface area contributed by atoms with Gasteiger partial charge in [-0.1, -0.05) is 30.3 Å². The minimum absolute atomic E-state index is 0.0227. The number of rotatable bonds is 4. The number of hydrogen-bond donors (Lipinski definition) is 1. The zero-order valence-electron chi connectivity index (χ0n) is 19.8. The van der Waals surface area contributed by atoms with Crippen LogP contribution < -0.4 is 15.1 Å². The largest absolute Gasteiger partial charge is 0.416 e. The van der Waals surface area contributed by atoms with Gasteiger partial charge in [-0.15, -0.1) is 0 Å². The number of alkyl halides is 3. The molecule has 1 amide bonds. The molecule has 0 saturated carbocycles. The molecule has 0 spiro atoms. The monoisotopic (exact) mass is 508 g/mol. The molecule has 0 unspecified atom stereocenters. The average Bonchev–Trinajstić information content (AvgIpc) is 2.90. The Morgan fingerprint density at radius 2 is 1.78 bits per heavy atom. The van der Waals surface area contributed by atoms with Crippen LogP contribution in [0.25, 0.3) is 0 Å². The van der Waals surface area contributed by atoms with Gasteiger partial charge in [0, 0.05) is 37.4 Å². The highest BCUT2D eigenvalue weighted by molar-refractivity contribution is 5.82. The van der Waals surface area contributed by atoms with Crippen LogP contribution in [0.3, 0.4) is 0 Å². The van der Waals surface area contributed by atoms with Crippen molar-refractivity contribution >= 4 is 17.3 Å². The average molecular weight is 509 g/mol. The molecule has 190 valence electrons. The summed E-state index contributed by atoms with van der Waals surface area (Å²) in [5, 5.41) is 12.4. The molecule has 5 nitrogen and oxygen atoms in total. The number of carbonyl (C=O) groups is 1. The molecule has 0 radical (unpaired) electrons. The zero-order valence-corrected chi connectivity index (χ0v) is 19.8. The van der Waals surface area contributed by atoms with Crippen molar-refractivity contribution in [2.45, 2.75) is 25.2 Å². The molecular formula is C28H24F4N4O. The second kappa shape index (κ2) is 9.77. The molecular weight excluding hydrogens is 484 g/mol. The van der Waals surface area contributed by atoms with Crippen LogP contribution in [-0.2, 0) is 23.9 Å². The number of carbonyl (C=O) groups excluding carboxylic acids is 1. The van der Waals surface area contributed by atoms with Gasteiger partial charge in [-0.2, -0.15) is 18.4 Å². The van der Waals surface area contributed by atoms with Crippen molar-refractivity contribution in [2.75, 3.05) is 29.4 Å². The van der Waals surface area contributed by atoms with Gasteiger partial charge in [-0.3, -0.25) is 4.79 Å². The molecule has 1 fully saturated rings. The van der Waals surface area contributed by atoms with E-state index in [0.717, 1.165) is 17.8 Å². The molecule has 0 bridgehead atoms. The third-order valence-corrected chi connectivity index (χ3v) is 7.15. The fourth-order valence-electron chi connectivity index (χ4n) is 5.32. The molecule has 37 heavy (non-hydrogen) atoms. The molecule has 2 heterocycles. The molecule has 1 N–H and O–H groups in total. The highest BCUT2D eigenvalue weighted by Crippen LogP contribution is 2.40. The van der Waals surface area contributed by atoms with Crippen molar-refractivity contribution < 1.29 is 22.4 Å². The van der Waals surface area contributed by atoms with Gasteiger partial charge in [0.05, 0.1) is 28.8 Å². The third kappa shape index (κ3) is 4.84. The molecule has 5 rings (SSSR count). The highest BCUT2D eigenvalue weighted by Gasteiger charge is 2.43. The van der Waals surface area contributed by atoms with Crippen LogP contribution in [0.4, 0.5) is 28.9 Å². The van der Waals surface area contributed by atoms with Gasteiger partial charge < -0.3 is 15.1 Å². The topological polar surface area (TPSA) is 59.4 Å². The number of halogens is 4. The number of fused-ring (bicyclic) bond motifs is 3. The first-order valence-electron chi connectivity index (χ1n) is 12.0. The van der Waals surface area contributed by atoms with Crippen molar-refractivity contribution in [1.82, 2.24) is 5.32 Å². The first kappa shape index (κ1) is 24.6. The van der Waals surface area contributed by atoms with Gasteiger partial charge in [0.15, 0.2) is 0 Å². The number of nitrogens with one attached hydrogen (secondary N) is 1. The van der Waals surface area contributed by atoms with E-state index in [9.17, 15) is 27.6 Å². The minimum Gasteiger partial charge on any atom is -0.367 e. The Morgan fingerprint density at radius 3 is 2.54 bits per heavy atom. The number of nitriles is 1. The Labute approximate surface area is 211 Å². The van der Waals surface area contributed by atoms with E-state index >= 15 is 0 Å². The number of benzene rings is 3. The summed E-state index contributed by atoms with van der Waals surface area (Å²) in [5.41, 5.74) is 2.00. The number of nitrogens with zero attached hydrogens (tertiary/aromatic N) is 3. The van der Waals surface area contributed by atoms with Crippen LogP contribution >= 0.6 is 0 Å². The summed E-state index contributed by atoms with van der Waals surface area (Å²) in [6.07, 6.45) is -4.37. The summed E-state index contributed by atoms with van der Waals surface area (Å²) in [6.45, 7) is 1.40. The fourth-order valence-corrected chi connectivity index (χ4v) is 5.32. The summed E-state index contributed by atoms with van der Waals surface area (Å²) < 4.78 is 54.4. The number of anilines is 2. The fraction of sp³-hybridized carbons (Fsp3) is 0.286. The first-order valence-corrected chi connectivity index (χ1v) is 12.0. The minimum atomic E-state index is -4.49. The van der Waals surface area contributed by atoms with Gasteiger partial charge in [0.1, 0.15) is 11.9 Å². The first-order chi connectivity index (χ1) is 17.8. The van der Waals surface area contributed by atoms with Crippen molar-refractivity contribution in [2.24, 2.45) is 5.92 Å². The Bertz CT molecular complexity index is 1370. The Morgan fingerprint density at radius 1 is 1.03 bits per heavy atom. The molecule has 2 aliphatic rings. The Balaban J connectivity index is 1.47. The summed E-state index contributed by atoms with van der Waals surface area (Å²) in [5.74, 6) is -1.46. The molecule has 1 saturated heterocycles. The highest BCUT2D eigenvalue weighted by atomic mass is 19.4. The summed E-state index contributed by atoms with van der Waals surface area (Å²) in [6, 6.07) is 18.9. The Kier molecular flexibility index (Phi) is 6.50. The van der Waals surface area contributed by atoms with E-state index in [1.165, 1.54) is 12.1 Å². The van der Waals surface area contributed by atoms with Crippen molar-refractivity contribution in [3.05, 3.63) is 94.8 Å². The summed E-state index contributed by atoms with van der Waals surface area (Å²) in [4.78, 5) is 17.5. The van der Waals surface area contributed by atoms with Gasteiger partial charge in [-0.05, 0) is 48.4 Å². The van der Waals surface area contributed by atoms with E-state index in [1.54, 1.807) is 30.3 Å².